The minimum Gasteiger partial charge on any atom is -0.493 e. The number of hydrogen-bond acceptors (Lipinski definition) is 2. The molecule has 0 atom stereocenters. The van der Waals surface area contributed by atoms with Gasteiger partial charge in [-0.2, -0.15) is 4.39 Å². The Labute approximate surface area is 70.4 Å². The van der Waals surface area contributed by atoms with Crippen molar-refractivity contribution in [2.24, 2.45) is 5.92 Å². The molecule has 1 aliphatic rings. The minimum atomic E-state index is -0.483. The Bertz CT molecular complexity index is 273. The Morgan fingerprint density at radius 3 is 3.08 bits per heavy atom. The highest BCUT2D eigenvalue weighted by atomic mass is 19.1. The second-order valence-electron chi connectivity index (χ2n) is 3.07. The lowest BCUT2D eigenvalue weighted by molar-refractivity contribution is 0.297. The highest BCUT2D eigenvalue weighted by Gasteiger charge is 2.21. The van der Waals surface area contributed by atoms with Gasteiger partial charge in [0.1, 0.15) is 5.75 Å². The van der Waals surface area contributed by atoms with E-state index >= 15 is 0 Å². The van der Waals surface area contributed by atoms with Crippen LogP contribution in [0.15, 0.2) is 18.3 Å². The van der Waals surface area contributed by atoms with Gasteiger partial charge in [0.25, 0.3) is 0 Å². The van der Waals surface area contributed by atoms with Crippen molar-refractivity contribution >= 4 is 0 Å². The van der Waals surface area contributed by atoms with Gasteiger partial charge in [-0.05, 0) is 24.8 Å². The van der Waals surface area contributed by atoms with E-state index in [1.165, 1.54) is 25.1 Å². The molecule has 0 bridgehead atoms. The van der Waals surface area contributed by atoms with Gasteiger partial charge in [-0.1, -0.05) is 0 Å². The van der Waals surface area contributed by atoms with Crippen molar-refractivity contribution < 1.29 is 9.13 Å². The van der Waals surface area contributed by atoms with Crippen LogP contribution in [0.2, 0.25) is 0 Å². The van der Waals surface area contributed by atoms with Gasteiger partial charge < -0.3 is 4.74 Å². The Morgan fingerprint density at radius 1 is 1.58 bits per heavy atom. The largest absolute Gasteiger partial charge is 0.493 e. The first-order chi connectivity index (χ1) is 5.84. The molecule has 0 saturated heterocycles. The second kappa shape index (κ2) is 3.09. The summed E-state index contributed by atoms with van der Waals surface area (Å²) in [6.07, 6.45) is 3.90. The number of pyridine rings is 1. The number of halogens is 1. The maximum absolute atomic E-state index is 12.5. The molecule has 0 radical (unpaired) electrons. The lowest BCUT2D eigenvalue weighted by Gasteiger charge is -2.03. The number of hydrogen-bond donors (Lipinski definition) is 0. The molecule has 3 heteroatoms. The summed E-state index contributed by atoms with van der Waals surface area (Å²) in [5, 5.41) is 0. The molecule has 1 saturated carbocycles. The smallest absolute Gasteiger partial charge is 0.216 e. The summed E-state index contributed by atoms with van der Waals surface area (Å²) in [5.41, 5.74) is 0. The van der Waals surface area contributed by atoms with Crippen LogP contribution >= 0.6 is 0 Å². The van der Waals surface area contributed by atoms with Gasteiger partial charge in [-0.25, -0.2) is 4.98 Å². The predicted molar refractivity (Wildman–Crippen MR) is 42.4 cm³/mol. The summed E-state index contributed by atoms with van der Waals surface area (Å²) >= 11 is 0. The fourth-order valence-electron chi connectivity index (χ4n) is 0.973. The Kier molecular flexibility index (Phi) is 1.94. The summed E-state index contributed by atoms with van der Waals surface area (Å²) in [6.45, 7) is 0.712. The van der Waals surface area contributed by atoms with Crippen LogP contribution in [0.3, 0.4) is 0 Å². The summed E-state index contributed by atoms with van der Waals surface area (Å²) in [7, 11) is 0. The molecule has 1 heterocycles. The number of rotatable bonds is 3. The molecular formula is C9H10FNO. The molecule has 0 aliphatic heterocycles. The van der Waals surface area contributed by atoms with Gasteiger partial charge in [0.2, 0.25) is 5.95 Å². The number of aromatic nitrogens is 1. The Hall–Kier alpha value is -1.12. The molecule has 1 fully saturated rings. The first-order valence-electron chi connectivity index (χ1n) is 4.09. The maximum atomic E-state index is 12.5. The zero-order chi connectivity index (χ0) is 8.39. The summed E-state index contributed by atoms with van der Waals surface area (Å²) < 4.78 is 17.8. The van der Waals surface area contributed by atoms with Gasteiger partial charge in [0.15, 0.2) is 0 Å². The fourth-order valence-corrected chi connectivity index (χ4v) is 0.973. The van der Waals surface area contributed by atoms with Crippen molar-refractivity contribution in [2.45, 2.75) is 12.8 Å². The molecule has 64 valence electrons. The molecule has 0 N–H and O–H groups in total. The van der Waals surface area contributed by atoms with Gasteiger partial charge in [0, 0.05) is 12.3 Å². The van der Waals surface area contributed by atoms with Crippen LogP contribution in [0.5, 0.6) is 5.75 Å². The zero-order valence-corrected chi connectivity index (χ0v) is 6.66. The van der Waals surface area contributed by atoms with Gasteiger partial charge in [-0.3, -0.25) is 0 Å². The van der Waals surface area contributed by atoms with Crippen LogP contribution in [-0.2, 0) is 0 Å². The average molecular weight is 167 g/mol. The lowest BCUT2D eigenvalue weighted by atomic mass is 10.4. The first-order valence-corrected chi connectivity index (χ1v) is 4.09. The third kappa shape index (κ3) is 1.94. The lowest BCUT2D eigenvalue weighted by Crippen LogP contribution is -1.99. The topological polar surface area (TPSA) is 22.1 Å². The summed E-state index contributed by atoms with van der Waals surface area (Å²) in [5.74, 6) is 0.791. The molecule has 1 aliphatic carbocycles. The Morgan fingerprint density at radius 2 is 2.42 bits per heavy atom. The van der Waals surface area contributed by atoms with E-state index in [0.29, 0.717) is 18.3 Å². The van der Waals surface area contributed by atoms with E-state index in [-0.39, 0.29) is 0 Å². The van der Waals surface area contributed by atoms with E-state index in [9.17, 15) is 4.39 Å². The van der Waals surface area contributed by atoms with Crippen molar-refractivity contribution in [3.63, 3.8) is 0 Å². The molecule has 2 rings (SSSR count). The summed E-state index contributed by atoms with van der Waals surface area (Å²) in [4.78, 5) is 3.44. The van der Waals surface area contributed by atoms with E-state index in [2.05, 4.69) is 4.98 Å². The molecule has 1 aromatic rings. The van der Waals surface area contributed by atoms with Crippen molar-refractivity contribution in [1.82, 2.24) is 4.98 Å². The van der Waals surface area contributed by atoms with Crippen LogP contribution < -0.4 is 4.74 Å². The monoisotopic (exact) mass is 167 g/mol. The van der Waals surface area contributed by atoms with Crippen LogP contribution in [0.1, 0.15) is 12.8 Å². The van der Waals surface area contributed by atoms with Crippen molar-refractivity contribution in [2.75, 3.05) is 6.61 Å². The Balaban J connectivity index is 1.92. The van der Waals surface area contributed by atoms with Crippen molar-refractivity contribution in [3.05, 3.63) is 24.3 Å². The van der Waals surface area contributed by atoms with Crippen LogP contribution in [-0.4, -0.2) is 11.6 Å². The van der Waals surface area contributed by atoms with Crippen molar-refractivity contribution in [1.29, 1.82) is 0 Å². The van der Waals surface area contributed by atoms with Crippen LogP contribution in [0, 0.1) is 11.9 Å². The maximum Gasteiger partial charge on any atom is 0.216 e. The van der Waals surface area contributed by atoms with Gasteiger partial charge in [0.05, 0.1) is 6.61 Å². The number of ether oxygens (including phenoxy) is 1. The number of nitrogens with zero attached hydrogens (tertiary/aromatic N) is 1. The van der Waals surface area contributed by atoms with Gasteiger partial charge >= 0.3 is 0 Å². The normalized spacial score (nSPS) is 16.1. The second-order valence-corrected chi connectivity index (χ2v) is 3.07. The third-order valence-corrected chi connectivity index (χ3v) is 1.88. The first kappa shape index (κ1) is 7.53. The molecule has 0 amide bonds. The highest BCUT2D eigenvalue weighted by Crippen LogP contribution is 2.29. The quantitative estimate of drug-likeness (QED) is 0.642. The fraction of sp³-hybridized carbons (Fsp3) is 0.444. The molecule has 0 aromatic carbocycles. The van der Waals surface area contributed by atoms with Gasteiger partial charge in [-0.15, -0.1) is 0 Å². The van der Waals surface area contributed by atoms with E-state index in [4.69, 9.17) is 4.74 Å². The standard InChI is InChI=1S/C9H10FNO/c10-9-5-8(3-4-11-9)12-6-7-1-2-7/h3-5,7H,1-2,6H2. The molecule has 0 unspecified atom stereocenters. The molecule has 1 aromatic heterocycles. The van der Waals surface area contributed by atoms with Crippen LogP contribution in [0.25, 0.3) is 0 Å². The third-order valence-electron chi connectivity index (χ3n) is 1.88. The predicted octanol–water partition coefficient (Wildman–Crippen LogP) is 2.01. The van der Waals surface area contributed by atoms with Crippen LogP contribution in [0.4, 0.5) is 4.39 Å². The van der Waals surface area contributed by atoms with E-state index in [0.717, 1.165) is 0 Å². The molecule has 0 spiro atoms. The summed E-state index contributed by atoms with van der Waals surface area (Å²) in [6, 6.07) is 2.98. The van der Waals surface area contributed by atoms with Crippen molar-refractivity contribution in [3.8, 4) is 5.75 Å². The zero-order valence-electron chi connectivity index (χ0n) is 6.66. The average Bonchev–Trinajstić information content (AvgIpc) is 2.84. The highest BCUT2D eigenvalue weighted by molar-refractivity contribution is 5.17. The molecule has 12 heavy (non-hydrogen) atoms. The molecule has 2 nitrogen and oxygen atoms in total. The van der Waals surface area contributed by atoms with E-state index in [1.807, 2.05) is 0 Å². The molecular weight excluding hydrogens is 157 g/mol. The van der Waals surface area contributed by atoms with E-state index in [1.54, 1.807) is 6.07 Å². The SMILES string of the molecule is Fc1cc(OCC2CC2)ccn1. The minimum absolute atomic E-state index is 0.483. The van der Waals surface area contributed by atoms with E-state index < -0.39 is 5.95 Å².